The highest BCUT2D eigenvalue weighted by Gasteiger charge is 2.14. The van der Waals surface area contributed by atoms with Crippen LogP contribution in [0.2, 0.25) is 0 Å². The number of hydrogen-bond acceptors (Lipinski definition) is 3. The van der Waals surface area contributed by atoms with Crippen molar-refractivity contribution in [2.45, 2.75) is 0 Å². The zero-order chi connectivity index (χ0) is 32.6. The molecule has 9 rings (SSSR count). The Bertz CT molecular complexity index is 2560. The van der Waals surface area contributed by atoms with Gasteiger partial charge in [-0.25, -0.2) is 9.97 Å². The van der Waals surface area contributed by atoms with Crippen LogP contribution in [-0.4, -0.2) is 19.5 Å². The number of hydrogen-bond donors (Lipinski definition) is 0. The van der Waals surface area contributed by atoms with Crippen LogP contribution >= 0.6 is 0 Å². The minimum Gasteiger partial charge on any atom is -0.309 e. The molecule has 6 aromatic carbocycles. The summed E-state index contributed by atoms with van der Waals surface area (Å²) in [7, 11) is 0. The predicted molar refractivity (Wildman–Crippen MR) is 201 cm³/mol. The van der Waals surface area contributed by atoms with Gasteiger partial charge in [0.1, 0.15) is 0 Å². The Morgan fingerprint density at radius 1 is 0.347 bits per heavy atom. The highest BCUT2D eigenvalue weighted by Crippen LogP contribution is 2.36. The van der Waals surface area contributed by atoms with Crippen LogP contribution in [0.5, 0.6) is 0 Å². The summed E-state index contributed by atoms with van der Waals surface area (Å²) in [4.78, 5) is 14.2. The van der Waals surface area contributed by atoms with E-state index in [-0.39, 0.29) is 0 Å². The standard InChI is InChI=1S/C45H30N4/c1-3-9-36(10-4-1)45-47-41(34-19-15-31(16-20-34)33-25-27-46-28-26-33)30-42(48-45)35-21-17-32(18-22-35)37-23-24-44-40(29-37)39-13-7-8-14-43(39)49(44)38-11-5-2-6-12-38/h1-30H. The Labute approximate surface area is 284 Å². The molecular formula is C45H30N4. The van der Waals surface area contributed by atoms with Gasteiger partial charge < -0.3 is 4.57 Å². The van der Waals surface area contributed by atoms with Crippen LogP contribution < -0.4 is 0 Å². The summed E-state index contributed by atoms with van der Waals surface area (Å²) in [5.74, 6) is 0.704. The first-order valence-corrected chi connectivity index (χ1v) is 16.4. The van der Waals surface area contributed by atoms with Crippen molar-refractivity contribution < 1.29 is 0 Å². The number of rotatable bonds is 6. The van der Waals surface area contributed by atoms with Crippen molar-refractivity contribution in [2.24, 2.45) is 0 Å². The van der Waals surface area contributed by atoms with Crippen LogP contribution in [0.1, 0.15) is 0 Å². The average Bonchev–Trinajstić information content (AvgIpc) is 3.52. The number of nitrogens with zero attached hydrogens (tertiary/aromatic N) is 4. The molecule has 0 unspecified atom stereocenters. The van der Waals surface area contributed by atoms with Crippen molar-refractivity contribution in [1.82, 2.24) is 19.5 Å². The lowest BCUT2D eigenvalue weighted by atomic mass is 9.99. The minimum atomic E-state index is 0.704. The number of benzene rings is 6. The van der Waals surface area contributed by atoms with E-state index in [1.165, 1.54) is 27.4 Å². The van der Waals surface area contributed by atoms with Gasteiger partial charge in [-0.15, -0.1) is 0 Å². The van der Waals surface area contributed by atoms with Gasteiger partial charge in [0.25, 0.3) is 0 Å². The Hall–Kier alpha value is -6.65. The van der Waals surface area contributed by atoms with Gasteiger partial charge in [-0.3, -0.25) is 4.98 Å². The highest BCUT2D eigenvalue weighted by molar-refractivity contribution is 6.10. The molecule has 0 saturated carbocycles. The molecule has 0 saturated heterocycles. The van der Waals surface area contributed by atoms with Crippen molar-refractivity contribution in [3.05, 3.63) is 182 Å². The first kappa shape index (κ1) is 28.6. The van der Waals surface area contributed by atoms with E-state index in [0.717, 1.165) is 50.5 Å². The highest BCUT2D eigenvalue weighted by atomic mass is 15.0. The minimum absolute atomic E-state index is 0.704. The molecule has 230 valence electrons. The molecule has 0 spiro atoms. The zero-order valence-corrected chi connectivity index (χ0v) is 26.6. The number of aromatic nitrogens is 4. The maximum atomic E-state index is 5.05. The lowest BCUT2D eigenvalue weighted by Crippen LogP contribution is -1.96. The molecule has 0 amide bonds. The van der Waals surface area contributed by atoms with Gasteiger partial charge in [-0.1, -0.05) is 121 Å². The number of pyridine rings is 1. The van der Waals surface area contributed by atoms with Gasteiger partial charge >= 0.3 is 0 Å². The second-order valence-electron chi connectivity index (χ2n) is 12.1. The van der Waals surface area contributed by atoms with Crippen LogP contribution in [0.25, 0.3) is 83.6 Å². The van der Waals surface area contributed by atoms with Gasteiger partial charge in [0.15, 0.2) is 5.82 Å². The zero-order valence-electron chi connectivity index (χ0n) is 26.6. The lowest BCUT2D eigenvalue weighted by Gasteiger charge is -2.11. The maximum absolute atomic E-state index is 5.05. The fourth-order valence-electron chi connectivity index (χ4n) is 6.68. The van der Waals surface area contributed by atoms with E-state index in [2.05, 4.69) is 149 Å². The predicted octanol–water partition coefficient (Wildman–Crippen LogP) is 11.3. The first-order valence-electron chi connectivity index (χ1n) is 16.4. The molecule has 0 radical (unpaired) electrons. The molecule has 0 aliphatic rings. The third kappa shape index (κ3) is 5.35. The summed E-state index contributed by atoms with van der Waals surface area (Å²) < 4.78 is 2.35. The van der Waals surface area contributed by atoms with Crippen molar-refractivity contribution in [1.29, 1.82) is 0 Å². The van der Waals surface area contributed by atoms with E-state index >= 15 is 0 Å². The molecule has 49 heavy (non-hydrogen) atoms. The molecule has 0 bridgehead atoms. The van der Waals surface area contributed by atoms with Crippen LogP contribution in [0.4, 0.5) is 0 Å². The van der Waals surface area contributed by atoms with Gasteiger partial charge in [0.05, 0.1) is 22.4 Å². The third-order valence-electron chi connectivity index (χ3n) is 9.15. The number of para-hydroxylation sites is 2. The maximum Gasteiger partial charge on any atom is 0.160 e. The summed E-state index contributed by atoms with van der Waals surface area (Å²) in [5, 5.41) is 2.49. The topological polar surface area (TPSA) is 43.6 Å². The molecule has 4 nitrogen and oxygen atoms in total. The SMILES string of the molecule is c1ccc(-c2nc(-c3ccc(-c4ccncc4)cc3)cc(-c3ccc(-c4ccc5c(c4)c4ccccc4n5-c4ccccc4)cc3)n2)cc1. The van der Waals surface area contributed by atoms with Crippen LogP contribution in [0.15, 0.2) is 182 Å². The van der Waals surface area contributed by atoms with Crippen molar-refractivity contribution in [3.63, 3.8) is 0 Å². The largest absolute Gasteiger partial charge is 0.309 e. The van der Waals surface area contributed by atoms with E-state index in [1.807, 2.05) is 42.7 Å². The van der Waals surface area contributed by atoms with Crippen molar-refractivity contribution in [3.8, 4) is 61.8 Å². The monoisotopic (exact) mass is 626 g/mol. The normalized spacial score (nSPS) is 11.3. The molecular weight excluding hydrogens is 597 g/mol. The Kier molecular flexibility index (Phi) is 7.10. The fourth-order valence-corrected chi connectivity index (χ4v) is 6.68. The summed E-state index contributed by atoms with van der Waals surface area (Å²) in [6.45, 7) is 0. The number of fused-ring (bicyclic) bond motifs is 3. The van der Waals surface area contributed by atoms with E-state index in [4.69, 9.17) is 9.97 Å². The summed E-state index contributed by atoms with van der Waals surface area (Å²) in [6.07, 6.45) is 3.64. The van der Waals surface area contributed by atoms with E-state index < -0.39 is 0 Å². The molecule has 9 aromatic rings. The smallest absolute Gasteiger partial charge is 0.160 e. The summed E-state index contributed by atoms with van der Waals surface area (Å²) in [5.41, 5.74) is 13.0. The molecule has 4 heteroatoms. The van der Waals surface area contributed by atoms with Gasteiger partial charge in [0, 0.05) is 45.5 Å². The van der Waals surface area contributed by atoms with E-state index in [0.29, 0.717) is 5.82 Å². The summed E-state index contributed by atoms with van der Waals surface area (Å²) in [6, 6.07) is 59.6. The molecule has 3 heterocycles. The molecule has 0 fully saturated rings. The van der Waals surface area contributed by atoms with Crippen LogP contribution in [0.3, 0.4) is 0 Å². The second-order valence-corrected chi connectivity index (χ2v) is 12.1. The van der Waals surface area contributed by atoms with E-state index in [9.17, 15) is 0 Å². The molecule has 0 atom stereocenters. The van der Waals surface area contributed by atoms with Gasteiger partial charge in [-0.05, 0) is 70.8 Å². The third-order valence-corrected chi connectivity index (χ3v) is 9.15. The van der Waals surface area contributed by atoms with Gasteiger partial charge in [0.2, 0.25) is 0 Å². The van der Waals surface area contributed by atoms with E-state index in [1.54, 1.807) is 0 Å². The quantitative estimate of drug-likeness (QED) is 0.184. The van der Waals surface area contributed by atoms with Gasteiger partial charge in [-0.2, -0.15) is 0 Å². The van der Waals surface area contributed by atoms with Crippen LogP contribution in [-0.2, 0) is 0 Å². The van der Waals surface area contributed by atoms with Crippen molar-refractivity contribution >= 4 is 21.8 Å². The molecule has 0 aliphatic carbocycles. The lowest BCUT2D eigenvalue weighted by molar-refractivity contribution is 1.18. The Morgan fingerprint density at radius 3 is 1.53 bits per heavy atom. The van der Waals surface area contributed by atoms with Crippen molar-refractivity contribution in [2.75, 3.05) is 0 Å². The molecule has 0 aliphatic heterocycles. The summed E-state index contributed by atoms with van der Waals surface area (Å²) >= 11 is 0. The second kappa shape index (κ2) is 12.2. The Balaban J connectivity index is 1.10. The Morgan fingerprint density at radius 2 is 0.857 bits per heavy atom. The van der Waals surface area contributed by atoms with Crippen LogP contribution in [0, 0.1) is 0 Å². The molecule has 0 N–H and O–H groups in total. The fraction of sp³-hybridized carbons (Fsp3) is 0. The first-order chi connectivity index (χ1) is 24.3. The molecule has 3 aromatic heterocycles. The average molecular weight is 627 g/mol.